The summed E-state index contributed by atoms with van der Waals surface area (Å²) in [5.41, 5.74) is 9.63. The number of para-hydroxylation sites is 3. The van der Waals surface area contributed by atoms with Gasteiger partial charge in [0, 0.05) is 73.2 Å². The summed E-state index contributed by atoms with van der Waals surface area (Å²) in [5.74, 6) is 0.981. The predicted octanol–water partition coefficient (Wildman–Crippen LogP) is 14.5. The molecule has 9 rings (SSSR count). The molecule has 6 aromatic carbocycles. The minimum Gasteiger partial charge on any atom is -0.485 e. The summed E-state index contributed by atoms with van der Waals surface area (Å²) in [7, 11) is 2.14. The van der Waals surface area contributed by atoms with Crippen LogP contribution in [-0.2, 0) is 0 Å². The van der Waals surface area contributed by atoms with E-state index in [-0.39, 0.29) is 6.10 Å². The monoisotopic (exact) mass is 724 g/mol. The van der Waals surface area contributed by atoms with Crippen molar-refractivity contribution < 1.29 is 4.74 Å². The van der Waals surface area contributed by atoms with Gasteiger partial charge in [-0.25, -0.2) is 0 Å². The molecule has 0 amide bonds. The molecule has 1 unspecified atom stereocenters. The van der Waals surface area contributed by atoms with Crippen molar-refractivity contribution in [1.82, 2.24) is 0 Å². The van der Waals surface area contributed by atoms with Crippen LogP contribution in [0.5, 0.6) is 5.75 Å². The van der Waals surface area contributed by atoms with E-state index in [1.54, 1.807) is 12.2 Å². The molecule has 3 nitrogen and oxygen atoms in total. The van der Waals surface area contributed by atoms with Gasteiger partial charge in [0.1, 0.15) is 11.9 Å². The van der Waals surface area contributed by atoms with Gasteiger partial charge in [-0.05, 0) is 93.1 Å². The number of fused-ring (bicyclic) bond motifs is 6. The van der Waals surface area contributed by atoms with E-state index in [0.717, 1.165) is 17.9 Å². The lowest BCUT2D eigenvalue weighted by Crippen LogP contribution is -2.21. The van der Waals surface area contributed by atoms with Crippen LogP contribution >= 0.6 is 11.3 Å². The molecule has 0 N–H and O–H groups in total. The molecule has 54 heavy (non-hydrogen) atoms. The maximum Gasteiger partial charge on any atom is 0.128 e. The Kier molecular flexibility index (Phi) is 12.6. The van der Waals surface area contributed by atoms with Crippen molar-refractivity contribution in [2.45, 2.75) is 33.3 Å². The number of nitrogens with zero attached hydrogens (tertiary/aromatic N) is 2. The minimum atomic E-state index is 0.0822. The highest BCUT2D eigenvalue weighted by atomic mass is 32.1. The Bertz CT molecular complexity index is 2340. The van der Waals surface area contributed by atoms with Crippen molar-refractivity contribution in [1.29, 1.82) is 0 Å². The van der Waals surface area contributed by atoms with Gasteiger partial charge < -0.3 is 14.5 Å². The second kappa shape index (κ2) is 18.1. The van der Waals surface area contributed by atoms with Gasteiger partial charge in [0.25, 0.3) is 0 Å². The molecular formula is C50H48N2OS. The number of allylic oxidation sites excluding steroid dienone is 3. The molecule has 270 valence electrons. The molecule has 1 aromatic heterocycles. The molecule has 0 saturated heterocycles. The Hall–Kier alpha value is -6.10. The maximum atomic E-state index is 6.28. The first-order valence-electron chi connectivity index (χ1n) is 18.4. The van der Waals surface area contributed by atoms with Gasteiger partial charge in [0.15, 0.2) is 0 Å². The van der Waals surface area contributed by atoms with Gasteiger partial charge in [-0.15, -0.1) is 24.5 Å². The summed E-state index contributed by atoms with van der Waals surface area (Å²) < 4.78 is 8.89. The number of hydrogen-bond donors (Lipinski definition) is 0. The quantitative estimate of drug-likeness (QED) is 0.164. The molecule has 1 aliphatic carbocycles. The molecule has 4 heteroatoms. The summed E-state index contributed by atoms with van der Waals surface area (Å²) in [4.78, 5) is 4.65. The molecule has 1 atom stereocenters. The van der Waals surface area contributed by atoms with E-state index in [2.05, 4.69) is 158 Å². The number of hydrogen-bond acceptors (Lipinski definition) is 4. The fourth-order valence-electron chi connectivity index (χ4n) is 6.78. The van der Waals surface area contributed by atoms with Crippen molar-refractivity contribution in [3.8, 4) is 5.75 Å². The summed E-state index contributed by atoms with van der Waals surface area (Å²) in [6.07, 6.45) is 9.08. The third-order valence-electron chi connectivity index (χ3n) is 9.12. The predicted molar refractivity (Wildman–Crippen MR) is 237 cm³/mol. The van der Waals surface area contributed by atoms with Crippen molar-refractivity contribution in [2.24, 2.45) is 0 Å². The third-order valence-corrected chi connectivity index (χ3v) is 10.2. The minimum absolute atomic E-state index is 0.0822. The largest absolute Gasteiger partial charge is 0.485 e. The second-order valence-electron chi connectivity index (χ2n) is 13.0. The van der Waals surface area contributed by atoms with E-state index in [9.17, 15) is 0 Å². The first-order valence-corrected chi connectivity index (χ1v) is 19.2. The smallest absolute Gasteiger partial charge is 0.128 e. The Morgan fingerprint density at radius 3 is 1.87 bits per heavy atom. The summed E-state index contributed by atoms with van der Waals surface area (Å²) in [6, 6.07) is 53.2. The highest BCUT2D eigenvalue weighted by molar-refractivity contribution is 7.25. The van der Waals surface area contributed by atoms with Crippen LogP contribution in [-0.4, -0.2) is 13.2 Å². The molecule has 0 fully saturated rings. The van der Waals surface area contributed by atoms with Gasteiger partial charge in [-0.1, -0.05) is 109 Å². The van der Waals surface area contributed by atoms with E-state index >= 15 is 0 Å². The third kappa shape index (κ3) is 8.41. The fraction of sp³-hybridized carbons (Fsp3) is 0.120. The Balaban J connectivity index is 0.000000361. The topological polar surface area (TPSA) is 15.7 Å². The number of benzene rings is 6. The van der Waals surface area contributed by atoms with Gasteiger partial charge in [-0.3, -0.25) is 0 Å². The van der Waals surface area contributed by atoms with Crippen LogP contribution in [0.4, 0.5) is 22.7 Å². The van der Waals surface area contributed by atoms with Crippen LogP contribution < -0.4 is 14.5 Å². The van der Waals surface area contributed by atoms with Gasteiger partial charge >= 0.3 is 0 Å². The van der Waals surface area contributed by atoms with E-state index in [0.29, 0.717) is 0 Å². The molecule has 2 aliphatic rings. The van der Waals surface area contributed by atoms with Crippen LogP contribution in [0.15, 0.2) is 195 Å². The van der Waals surface area contributed by atoms with Crippen molar-refractivity contribution >= 4 is 59.8 Å². The zero-order valence-corrected chi connectivity index (χ0v) is 32.5. The molecule has 1 aliphatic heterocycles. The highest BCUT2D eigenvalue weighted by Crippen LogP contribution is 2.46. The van der Waals surface area contributed by atoms with Crippen LogP contribution in [0.2, 0.25) is 0 Å². The van der Waals surface area contributed by atoms with Gasteiger partial charge in [-0.2, -0.15) is 0 Å². The SMILES string of the molecule is C=CC.C=CC.Cc1cc(N(C2=CCC3Oc4ccccc4C3=C2)c2ccccc2)cc2sc3ccc(N(C)c4ccccc4)cc3c12.c1ccccc1. The number of anilines is 4. The molecule has 0 radical (unpaired) electrons. The van der Waals surface area contributed by atoms with Crippen LogP contribution in [0.3, 0.4) is 0 Å². The van der Waals surface area contributed by atoms with E-state index in [4.69, 9.17) is 4.74 Å². The first kappa shape index (κ1) is 37.7. The van der Waals surface area contributed by atoms with Crippen molar-refractivity contribution in [2.75, 3.05) is 16.8 Å². The maximum absolute atomic E-state index is 6.28. The summed E-state index contributed by atoms with van der Waals surface area (Å²) in [6.45, 7) is 12.7. The Morgan fingerprint density at radius 2 is 1.22 bits per heavy atom. The average Bonchev–Trinajstić information content (AvgIpc) is 3.78. The standard InChI is InChI=1S/C38H30N2OS.C6H6.2C3H6/c1-25-21-30(24-37-38(25)33-22-28(18-20-36(33)42-37)39(2)26-11-5-3-6-12-26)40(27-13-7-4-8-14-27)29-17-19-35-32(23-29)31-15-9-10-16-34(31)41-35;1-2-4-6-5-3-1;2*1-3-2/h3-18,20-24,35H,19H2,1-2H3;1-6H;2*3H,1H2,2H3. The fourth-order valence-corrected chi connectivity index (χ4v) is 7.97. The molecule has 0 spiro atoms. The Labute approximate surface area is 325 Å². The van der Waals surface area contributed by atoms with Crippen LogP contribution in [0, 0.1) is 6.92 Å². The second-order valence-corrected chi connectivity index (χ2v) is 14.1. The van der Waals surface area contributed by atoms with Gasteiger partial charge in [0.05, 0.1) is 0 Å². The lowest BCUT2D eigenvalue weighted by atomic mass is 9.94. The molecule has 2 heterocycles. The average molecular weight is 725 g/mol. The van der Waals surface area contributed by atoms with Crippen molar-refractivity contribution in [3.63, 3.8) is 0 Å². The van der Waals surface area contributed by atoms with E-state index in [1.807, 2.05) is 67.6 Å². The zero-order chi connectivity index (χ0) is 37.9. The molecule has 0 saturated carbocycles. The summed E-state index contributed by atoms with van der Waals surface area (Å²) >= 11 is 1.87. The summed E-state index contributed by atoms with van der Waals surface area (Å²) in [5, 5.41) is 2.65. The van der Waals surface area contributed by atoms with E-state index in [1.165, 1.54) is 59.6 Å². The van der Waals surface area contributed by atoms with Gasteiger partial charge in [0.2, 0.25) is 0 Å². The number of aryl methyl sites for hydroxylation is 1. The van der Waals surface area contributed by atoms with Crippen molar-refractivity contribution in [3.05, 3.63) is 206 Å². The molecule has 0 bridgehead atoms. The normalized spacial score (nSPS) is 13.4. The number of ether oxygens (including phenoxy) is 1. The highest BCUT2D eigenvalue weighted by Gasteiger charge is 2.31. The van der Waals surface area contributed by atoms with E-state index < -0.39 is 0 Å². The van der Waals surface area contributed by atoms with Crippen LogP contribution in [0.1, 0.15) is 31.4 Å². The Morgan fingerprint density at radius 1 is 0.648 bits per heavy atom. The lowest BCUT2D eigenvalue weighted by molar-refractivity contribution is 0.278. The lowest BCUT2D eigenvalue weighted by Gasteiger charge is -2.30. The molecular weight excluding hydrogens is 677 g/mol. The number of thiophene rings is 1. The van der Waals surface area contributed by atoms with Crippen LogP contribution in [0.25, 0.3) is 25.7 Å². The molecule has 7 aromatic rings. The zero-order valence-electron chi connectivity index (χ0n) is 31.7. The first-order chi connectivity index (χ1) is 26.5. The number of rotatable bonds is 5.